The molecule has 0 aromatic carbocycles. The summed E-state index contributed by atoms with van der Waals surface area (Å²) in [5, 5.41) is 8.43. The molecule has 0 saturated heterocycles. The van der Waals surface area contributed by atoms with Crippen molar-refractivity contribution in [2.45, 2.75) is 13.5 Å². The quantitative estimate of drug-likeness (QED) is 0.662. The highest BCUT2D eigenvalue weighted by Crippen LogP contribution is 2.13. The lowest BCUT2D eigenvalue weighted by Crippen LogP contribution is -2.17. The second-order valence-corrected chi connectivity index (χ2v) is 3.63. The molecule has 4 heteroatoms. The van der Waals surface area contributed by atoms with Crippen LogP contribution in [-0.2, 0) is 6.54 Å². The summed E-state index contributed by atoms with van der Waals surface area (Å²) < 4.78 is 0. The van der Waals surface area contributed by atoms with Crippen molar-refractivity contribution in [2.24, 2.45) is 0 Å². The third-order valence-electron chi connectivity index (χ3n) is 1.60. The van der Waals surface area contributed by atoms with Crippen LogP contribution in [0.5, 0.6) is 0 Å². The molecule has 3 nitrogen and oxygen atoms in total. The Labute approximate surface area is 76.3 Å². The van der Waals surface area contributed by atoms with E-state index in [1.54, 1.807) is 11.3 Å². The Morgan fingerprint density at radius 1 is 1.75 bits per heavy atom. The van der Waals surface area contributed by atoms with Crippen molar-refractivity contribution in [3.63, 3.8) is 0 Å². The standard InChI is InChI=1S/C8H11N3S/c1-7-8(12-6-10-7)5-11(2)4-3-9/h6H,4-5H2,1-2H3. The Kier molecular flexibility index (Phi) is 3.20. The molecule has 0 unspecified atom stereocenters. The number of rotatable bonds is 3. The second-order valence-electron chi connectivity index (χ2n) is 2.69. The molecule has 1 aromatic heterocycles. The van der Waals surface area contributed by atoms with Crippen LogP contribution >= 0.6 is 11.3 Å². The van der Waals surface area contributed by atoms with Crippen molar-refractivity contribution in [3.8, 4) is 6.07 Å². The zero-order valence-electron chi connectivity index (χ0n) is 7.24. The Balaban J connectivity index is 2.53. The molecule has 1 aromatic rings. The highest BCUT2D eigenvalue weighted by molar-refractivity contribution is 7.09. The SMILES string of the molecule is Cc1ncsc1CN(C)CC#N. The molecular formula is C8H11N3S. The molecule has 0 bridgehead atoms. The number of nitriles is 1. The van der Waals surface area contributed by atoms with E-state index in [9.17, 15) is 0 Å². The van der Waals surface area contributed by atoms with Crippen molar-refractivity contribution in [1.82, 2.24) is 9.88 Å². The van der Waals surface area contributed by atoms with Crippen LogP contribution in [0, 0.1) is 18.3 Å². The fourth-order valence-corrected chi connectivity index (χ4v) is 1.76. The molecule has 12 heavy (non-hydrogen) atoms. The number of aromatic nitrogens is 1. The molecule has 1 rings (SSSR count). The Hall–Kier alpha value is -0.920. The van der Waals surface area contributed by atoms with Crippen molar-refractivity contribution in [1.29, 1.82) is 5.26 Å². The van der Waals surface area contributed by atoms with Gasteiger partial charge in [0.1, 0.15) is 0 Å². The van der Waals surface area contributed by atoms with Gasteiger partial charge in [0.2, 0.25) is 0 Å². The molecule has 0 radical (unpaired) electrons. The molecule has 1 heterocycles. The van der Waals surface area contributed by atoms with Crippen LogP contribution in [0.1, 0.15) is 10.6 Å². The van der Waals surface area contributed by atoms with Gasteiger partial charge in [-0.25, -0.2) is 4.98 Å². The predicted molar refractivity (Wildman–Crippen MR) is 48.8 cm³/mol. The maximum Gasteiger partial charge on any atom is 0.0866 e. The van der Waals surface area contributed by atoms with Crippen LogP contribution < -0.4 is 0 Å². The molecule has 0 spiro atoms. The lowest BCUT2D eigenvalue weighted by Gasteiger charge is -2.10. The van der Waals surface area contributed by atoms with Gasteiger partial charge in [0.05, 0.1) is 23.8 Å². The molecule has 0 atom stereocenters. The van der Waals surface area contributed by atoms with Gasteiger partial charge >= 0.3 is 0 Å². The van der Waals surface area contributed by atoms with Gasteiger partial charge in [-0.2, -0.15) is 5.26 Å². The maximum atomic E-state index is 8.43. The van der Waals surface area contributed by atoms with Gasteiger partial charge in [-0.1, -0.05) is 0 Å². The lowest BCUT2D eigenvalue weighted by atomic mass is 10.4. The van der Waals surface area contributed by atoms with Gasteiger partial charge in [-0.3, -0.25) is 4.90 Å². The van der Waals surface area contributed by atoms with Gasteiger partial charge in [-0.15, -0.1) is 11.3 Å². The third kappa shape index (κ3) is 2.29. The third-order valence-corrected chi connectivity index (χ3v) is 2.52. The van der Waals surface area contributed by atoms with Gasteiger partial charge in [0.25, 0.3) is 0 Å². The van der Waals surface area contributed by atoms with Crippen LogP contribution in [0.4, 0.5) is 0 Å². The highest BCUT2D eigenvalue weighted by atomic mass is 32.1. The summed E-state index contributed by atoms with van der Waals surface area (Å²) in [5.41, 5.74) is 2.91. The Morgan fingerprint density at radius 2 is 2.50 bits per heavy atom. The van der Waals surface area contributed by atoms with Gasteiger partial charge in [0.15, 0.2) is 0 Å². The highest BCUT2D eigenvalue weighted by Gasteiger charge is 2.04. The van der Waals surface area contributed by atoms with E-state index in [2.05, 4.69) is 11.1 Å². The second kappa shape index (κ2) is 4.19. The van der Waals surface area contributed by atoms with E-state index < -0.39 is 0 Å². The van der Waals surface area contributed by atoms with Crippen LogP contribution in [0.15, 0.2) is 5.51 Å². The summed E-state index contributed by atoms with van der Waals surface area (Å²) in [6, 6.07) is 2.11. The van der Waals surface area contributed by atoms with Gasteiger partial charge in [-0.05, 0) is 14.0 Å². The molecule has 64 valence electrons. The zero-order valence-corrected chi connectivity index (χ0v) is 8.06. The van der Waals surface area contributed by atoms with Gasteiger partial charge < -0.3 is 0 Å². The normalized spacial score (nSPS) is 10.2. The van der Waals surface area contributed by atoms with Crippen molar-refractivity contribution < 1.29 is 0 Å². The molecule has 0 fully saturated rings. The summed E-state index contributed by atoms with van der Waals surface area (Å²) in [4.78, 5) is 7.35. The zero-order chi connectivity index (χ0) is 8.97. The Morgan fingerprint density at radius 3 is 3.00 bits per heavy atom. The minimum atomic E-state index is 0.470. The monoisotopic (exact) mass is 181 g/mol. The van der Waals surface area contributed by atoms with E-state index in [0.29, 0.717) is 6.54 Å². The van der Waals surface area contributed by atoms with Crippen molar-refractivity contribution in [3.05, 3.63) is 16.1 Å². The topological polar surface area (TPSA) is 39.9 Å². The van der Waals surface area contributed by atoms with E-state index in [-0.39, 0.29) is 0 Å². The van der Waals surface area contributed by atoms with E-state index in [1.165, 1.54) is 4.88 Å². The molecule has 0 aliphatic heterocycles. The fourth-order valence-electron chi connectivity index (χ4n) is 0.900. The first kappa shape index (κ1) is 9.17. The molecule has 0 aliphatic carbocycles. The number of hydrogen-bond acceptors (Lipinski definition) is 4. The van der Waals surface area contributed by atoms with E-state index in [4.69, 9.17) is 5.26 Å². The first-order chi connectivity index (χ1) is 5.74. The summed E-state index contributed by atoms with van der Waals surface area (Å²) in [7, 11) is 1.93. The number of thiazole rings is 1. The molecule has 0 saturated carbocycles. The van der Waals surface area contributed by atoms with Crippen LogP contribution in [0.25, 0.3) is 0 Å². The molecule has 0 N–H and O–H groups in total. The fraction of sp³-hybridized carbons (Fsp3) is 0.500. The van der Waals surface area contributed by atoms with Crippen molar-refractivity contribution in [2.75, 3.05) is 13.6 Å². The summed E-state index contributed by atoms with van der Waals surface area (Å²) in [6.45, 7) is 3.29. The summed E-state index contributed by atoms with van der Waals surface area (Å²) in [6.07, 6.45) is 0. The number of nitrogens with zero attached hydrogens (tertiary/aromatic N) is 3. The van der Waals surface area contributed by atoms with Crippen LogP contribution in [0.2, 0.25) is 0 Å². The molecule has 0 amide bonds. The first-order valence-corrected chi connectivity index (χ1v) is 4.56. The van der Waals surface area contributed by atoms with E-state index in [0.717, 1.165) is 12.2 Å². The lowest BCUT2D eigenvalue weighted by molar-refractivity contribution is 0.370. The minimum absolute atomic E-state index is 0.470. The predicted octanol–water partition coefficient (Wildman–Crippen LogP) is 1.41. The van der Waals surface area contributed by atoms with Crippen LogP contribution in [-0.4, -0.2) is 23.5 Å². The Bertz CT molecular complexity index is 287. The van der Waals surface area contributed by atoms with Crippen LogP contribution in [0.3, 0.4) is 0 Å². The first-order valence-electron chi connectivity index (χ1n) is 3.68. The maximum absolute atomic E-state index is 8.43. The summed E-state index contributed by atoms with van der Waals surface area (Å²) >= 11 is 1.64. The summed E-state index contributed by atoms with van der Waals surface area (Å²) in [5.74, 6) is 0. The smallest absolute Gasteiger partial charge is 0.0866 e. The number of hydrogen-bond donors (Lipinski definition) is 0. The van der Waals surface area contributed by atoms with E-state index in [1.807, 2.05) is 24.4 Å². The largest absolute Gasteiger partial charge is 0.288 e. The van der Waals surface area contributed by atoms with Crippen molar-refractivity contribution >= 4 is 11.3 Å². The minimum Gasteiger partial charge on any atom is -0.288 e. The average molecular weight is 181 g/mol. The average Bonchev–Trinajstić information content (AvgIpc) is 2.37. The molecule has 0 aliphatic rings. The van der Waals surface area contributed by atoms with E-state index >= 15 is 0 Å². The van der Waals surface area contributed by atoms with Gasteiger partial charge in [0, 0.05) is 11.4 Å². The molecular weight excluding hydrogens is 170 g/mol. The number of aryl methyl sites for hydroxylation is 1.